The molecule has 3 atom stereocenters. The normalized spacial score (nSPS) is 28.1. The molecule has 1 nitrogen and oxygen atoms in total. The average molecular weight is 239 g/mol. The molecule has 0 radical (unpaired) electrons. The summed E-state index contributed by atoms with van der Waals surface area (Å²) >= 11 is 0. The average Bonchev–Trinajstić information content (AvgIpc) is 2.22. The lowest BCUT2D eigenvalue weighted by Gasteiger charge is -2.37. The van der Waals surface area contributed by atoms with Gasteiger partial charge in [0.1, 0.15) is 0 Å². The highest BCUT2D eigenvalue weighted by atomic mass is 14.9. The number of hydrogen-bond donors (Lipinski definition) is 1. The van der Waals surface area contributed by atoms with Gasteiger partial charge in [0.15, 0.2) is 0 Å². The second-order valence-electron chi connectivity index (χ2n) is 7.36. The van der Waals surface area contributed by atoms with Crippen LogP contribution < -0.4 is 5.32 Å². The van der Waals surface area contributed by atoms with Gasteiger partial charge in [0, 0.05) is 6.04 Å². The van der Waals surface area contributed by atoms with Gasteiger partial charge in [-0.2, -0.15) is 0 Å². The largest absolute Gasteiger partial charge is 0.314 e. The summed E-state index contributed by atoms with van der Waals surface area (Å²) in [5.74, 6) is 1.86. The van der Waals surface area contributed by atoms with E-state index in [9.17, 15) is 0 Å². The van der Waals surface area contributed by atoms with Gasteiger partial charge >= 0.3 is 0 Å². The fourth-order valence-corrected chi connectivity index (χ4v) is 3.24. The summed E-state index contributed by atoms with van der Waals surface area (Å²) in [5.41, 5.74) is 0.450. The first-order valence-corrected chi connectivity index (χ1v) is 7.65. The number of rotatable bonds is 5. The molecule has 0 amide bonds. The quantitative estimate of drug-likeness (QED) is 0.738. The van der Waals surface area contributed by atoms with Crippen LogP contribution >= 0.6 is 0 Å². The summed E-state index contributed by atoms with van der Waals surface area (Å²) < 4.78 is 0. The zero-order chi connectivity index (χ0) is 12.9. The molecule has 1 rings (SSSR count). The number of nitrogens with one attached hydrogen (secondary N) is 1. The molecule has 0 bridgehead atoms. The van der Waals surface area contributed by atoms with E-state index in [0.29, 0.717) is 5.41 Å². The predicted molar refractivity (Wildman–Crippen MR) is 77.3 cm³/mol. The van der Waals surface area contributed by atoms with Gasteiger partial charge in [-0.05, 0) is 49.5 Å². The molecule has 1 saturated carbocycles. The van der Waals surface area contributed by atoms with Gasteiger partial charge in [-0.1, -0.05) is 47.5 Å². The maximum atomic E-state index is 3.82. The van der Waals surface area contributed by atoms with Crippen LogP contribution in [-0.2, 0) is 0 Å². The van der Waals surface area contributed by atoms with Crippen LogP contribution in [0.25, 0.3) is 0 Å². The van der Waals surface area contributed by atoms with Gasteiger partial charge in [-0.15, -0.1) is 0 Å². The lowest BCUT2D eigenvalue weighted by Crippen LogP contribution is -2.41. The Kier molecular flexibility index (Phi) is 5.99. The SMILES string of the molecule is CCCNC(CC(C)(C)C)C1CCCC(C)C1. The van der Waals surface area contributed by atoms with Crippen molar-refractivity contribution in [2.45, 2.75) is 79.2 Å². The summed E-state index contributed by atoms with van der Waals surface area (Å²) in [6, 6.07) is 0.748. The summed E-state index contributed by atoms with van der Waals surface area (Å²) in [4.78, 5) is 0. The zero-order valence-corrected chi connectivity index (χ0v) is 12.7. The first-order valence-electron chi connectivity index (χ1n) is 7.65. The van der Waals surface area contributed by atoms with Crippen LogP contribution in [0.3, 0.4) is 0 Å². The fraction of sp³-hybridized carbons (Fsp3) is 1.00. The highest BCUT2D eigenvalue weighted by molar-refractivity contribution is 4.84. The highest BCUT2D eigenvalue weighted by Crippen LogP contribution is 2.34. The zero-order valence-electron chi connectivity index (χ0n) is 12.7. The third-order valence-electron chi connectivity index (χ3n) is 4.03. The predicted octanol–water partition coefficient (Wildman–Crippen LogP) is 4.62. The van der Waals surface area contributed by atoms with E-state index in [0.717, 1.165) is 17.9 Å². The molecule has 0 aliphatic heterocycles. The standard InChI is InChI=1S/C16H33N/c1-6-10-17-15(12-16(3,4)5)14-9-7-8-13(2)11-14/h13-15,17H,6-12H2,1-5H3. The van der Waals surface area contributed by atoms with Gasteiger partial charge < -0.3 is 5.32 Å². The smallest absolute Gasteiger partial charge is 0.0100 e. The van der Waals surface area contributed by atoms with Crippen molar-refractivity contribution in [3.8, 4) is 0 Å². The molecule has 1 heteroatoms. The molecule has 0 aromatic carbocycles. The second kappa shape index (κ2) is 6.78. The lowest BCUT2D eigenvalue weighted by molar-refractivity contribution is 0.179. The Morgan fingerprint density at radius 1 is 1.24 bits per heavy atom. The van der Waals surface area contributed by atoms with Gasteiger partial charge in [-0.25, -0.2) is 0 Å². The number of hydrogen-bond acceptors (Lipinski definition) is 1. The molecule has 102 valence electrons. The van der Waals surface area contributed by atoms with Gasteiger partial charge in [0.2, 0.25) is 0 Å². The highest BCUT2D eigenvalue weighted by Gasteiger charge is 2.29. The Morgan fingerprint density at radius 3 is 2.47 bits per heavy atom. The first-order chi connectivity index (χ1) is 7.92. The van der Waals surface area contributed by atoms with Crippen molar-refractivity contribution < 1.29 is 0 Å². The van der Waals surface area contributed by atoms with E-state index in [1.54, 1.807) is 0 Å². The summed E-state index contributed by atoms with van der Waals surface area (Å²) in [5, 5.41) is 3.82. The van der Waals surface area contributed by atoms with Crippen LogP contribution in [0.5, 0.6) is 0 Å². The Balaban J connectivity index is 2.54. The van der Waals surface area contributed by atoms with E-state index in [2.05, 4.69) is 39.9 Å². The van der Waals surface area contributed by atoms with E-state index in [4.69, 9.17) is 0 Å². The molecule has 0 heterocycles. The topological polar surface area (TPSA) is 12.0 Å². The van der Waals surface area contributed by atoms with E-state index in [1.807, 2.05) is 0 Å². The molecule has 1 fully saturated rings. The Morgan fingerprint density at radius 2 is 1.94 bits per heavy atom. The molecule has 0 saturated heterocycles. The van der Waals surface area contributed by atoms with Crippen LogP contribution in [0.15, 0.2) is 0 Å². The minimum absolute atomic E-state index is 0.450. The van der Waals surface area contributed by atoms with Crippen molar-refractivity contribution in [2.24, 2.45) is 17.3 Å². The van der Waals surface area contributed by atoms with Crippen LogP contribution in [-0.4, -0.2) is 12.6 Å². The van der Waals surface area contributed by atoms with Gasteiger partial charge in [0.25, 0.3) is 0 Å². The Bertz CT molecular complexity index is 204. The minimum Gasteiger partial charge on any atom is -0.314 e. The molecular formula is C16H33N. The lowest BCUT2D eigenvalue weighted by atomic mass is 9.74. The van der Waals surface area contributed by atoms with Crippen molar-refractivity contribution in [1.29, 1.82) is 0 Å². The monoisotopic (exact) mass is 239 g/mol. The van der Waals surface area contributed by atoms with E-state index >= 15 is 0 Å². The summed E-state index contributed by atoms with van der Waals surface area (Å²) in [6.07, 6.45) is 8.36. The fourth-order valence-electron chi connectivity index (χ4n) is 3.24. The van der Waals surface area contributed by atoms with E-state index < -0.39 is 0 Å². The Hall–Kier alpha value is -0.0400. The van der Waals surface area contributed by atoms with Crippen LogP contribution in [0.1, 0.15) is 73.1 Å². The second-order valence-corrected chi connectivity index (χ2v) is 7.36. The first kappa shape index (κ1) is 15.0. The maximum Gasteiger partial charge on any atom is 0.0100 e. The molecule has 1 N–H and O–H groups in total. The minimum atomic E-state index is 0.450. The van der Waals surface area contributed by atoms with E-state index in [-0.39, 0.29) is 0 Å². The third-order valence-corrected chi connectivity index (χ3v) is 4.03. The van der Waals surface area contributed by atoms with Crippen molar-refractivity contribution in [3.05, 3.63) is 0 Å². The van der Waals surface area contributed by atoms with E-state index in [1.165, 1.54) is 45.1 Å². The van der Waals surface area contributed by atoms with Crippen LogP contribution in [0.4, 0.5) is 0 Å². The maximum absolute atomic E-state index is 3.82. The van der Waals surface area contributed by atoms with Crippen LogP contribution in [0, 0.1) is 17.3 Å². The molecule has 0 spiro atoms. The van der Waals surface area contributed by atoms with Crippen LogP contribution in [0.2, 0.25) is 0 Å². The van der Waals surface area contributed by atoms with Crippen molar-refractivity contribution >= 4 is 0 Å². The van der Waals surface area contributed by atoms with Crippen molar-refractivity contribution in [2.75, 3.05) is 6.54 Å². The van der Waals surface area contributed by atoms with Crippen molar-refractivity contribution in [3.63, 3.8) is 0 Å². The molecule has 1 aliphatic rings. The summed E-state index contributed by atoms with van der Waals surface area (Å²) in [7, 11) is 0. The molecule has 0 aromatic rings. The van der Waals surface area contributed by atoms with Crippen molar-refractivity contribution in [1.82, 2.24) is 5.32 Å². The summed E-state index contributed by atoms with van der Waals surface area (Å²) in [6.45, 7) is 13.0. The van der Waals surface area contributed by atoms with Gasteiger partial charge in [0.05, 0.1) is 0 Å². The Labute approximate surface area is 109 Å². The molecule has 1 aliphatic carbocycles. The van der Waals surface area contributed by atoms with Gasteiger partial charge in [-0.3, -0.25) is 0 Å². The molecule has 3 unspecified atom stereocenters. The molecule has 0 aromatic heterocycles. The third kappa shape index (κ3) is 5.90. The molecule has 17 heavy (non-hydrogen) atoms. The molecular weight excluding hydrogens is 206 g/mol.